The van der Waals surface area contributed by atoms with Crippen molar-refractivity contribution in [3.8, 4) is 11.8 Å². The molecule has 0 radical (unpaired) electrons. The van der Waals surface area contributed by atoms with Gasteiger partial charge in [-0.2, -0.15) is 0 Å². The van der Waals surface area contributed by atoms with Crippen LogP contribution in [0.3, 0.4) is 0 Å². The SMILES string of the molecule is CC(=O)N1CCN(C(=O)c2ccc(C#Cc3ccccc3)nc2)CC1. The lowest BCUT2D eigenvalue weighted by Gasteiger charge is -2.34. The lowest BCUT2D eigenvalue weighted by Crippen LogP contribution is -2.50. The fraction of sp³-hybridized carbons (Fsp3) is 0.250. The average Bonchev–Trinajstić information content (AvgIpc) is 2.67. The zero-order valence-electron chi connectivity index (χ0n) is 14.1. The number of nitrogens with zero attached hydrogens (tertiary/aromatic N) is 3. The van der Waals surface area contributed by atoms with Crippen LogP contribution in [0.4, 0.5) is 0 Å². The van der Waals surface area contributed by atoms with Crippen molar-refractivity contribution in [3.05, 3.63) is 65.5 Å². The number of hydrogen-bond donors (Lipinski definition) is 0. The van der Waals surface area contributed by atoms with Crippen LogP contribution in [0.5, 0.6) is 0 Å². The van der Waals surface area contributed by atoms with Crippen molar-refractivity contribution in [1.29, 1.82) is 0 Å². The van der Waals surface area contributed by atoms with Crippen molar-refractivity contribution in [3.63, 3.8) is 0 Å². The first-order valence-electron chi connectivity index (χ1n) is 8.21. The molecule has 25 heavy (non-hydrogen) atoms. The molecule has 2 heterocycles. The molecular formula is C20H19N3O2. The molecular weight excluding hydrogens is 314 g/mol. The van der Waals surface area contributed by atoms with Crippen molar-refractivity contribution in [2.75, 3.05) is 26.2 Å². The highest BCUT2D eigenvalue weighted by Crippen LogP contribution is 2.09. The Labute approximate surface area is 147 Å². The molecule has 0 bridgehead atoms. The third-order valence-electron chi connectivity index (χ3n) is 4.13. The Kier molecular flexibility index (Phi) is 5.10. The predicted octanol–water partition coefficient (Wildman–Crippen LogP) is 1.79. The van der Waals surface area contributed by atoms with Gasteiger partial charge in [-0.1, -0.05) is 24.1 Å². The van der Waals surface area contributed by atoms with E-state index in [2.05, 4.69) is 16.8 Å². The molecule has 0 N–H and O–H groups in total. The molecule has 2 aromatic rings. The molecule has 126 valence electrons. The van der Waals surface area contributed by atoms with Crippen LogP contribution in [0.1, 0.15) is 28.5 Å². The summed E-state index contributed by atoms with van der Waals surface area (Å²) in [5.74, 6) is 6.03. The molecule has 2 amide bonds. The standard InChI is InChI=1S/C20H19N3O2/c1-16(24)22-11-13-23(14-12-22)20(25)18-8-10-19(21-15-18)9-7-17-5-3-2-4-6-17/h2-6,8,10,15H,11-14H2,1H3. The third-order valence-corrected chi connectivity index (χ3v) is 4.13. The van der Waals surface area contributed by atoms with E-state index in [4.69, 9.17) is 0 Å². The largest absolute Gasteiger partial charge is 0.339 e. The second kappa shape index (κ2) is 7.63. The summed E-state index contributed by atoms with van der Waals surface area (Å²) in [5.41, 5.74) is 2.09. The quantitative estimate of drug-likeness (QED) is 0.748. The fourth-order valence-corrected chi connectivity index (χ4v) is 2.66. The molecule has 1 aromatic heterocycles. The van der Waals surface area contributed by atoms with E-state index in [-0.39, 0.29) is 11.8 Å². The van der Waals surface area contributed by atoms with E-state index in [9.17, 15) is 9.59 Å². The van der Waals surface area contributed by atoms with E-state index < -0.39 is 0 Å². The minimum atomic E-state index is -0.0572. The number of benzene rings is 1. The number of carbonyl (C=O) groups excluding carboxylic acids is 2. The summed E-state index contributed by atoms with van der Waals surface area (Å²) in [6, 6.07) is 13.2. The van der Waals surface area contributed by atoms with E-state index in [0.29, 0.717) is 37.4 Å². The van der Waals surface area contributed by atoms with Gasteiger partial charge in [-0.15, -0.1) is 0 Å². The van der Waals surface area contributed by atoms with Crippen molar-refractivity contribution in [2.45, 2.75) is 6.92 Å². The lowest BCUT2D eigenvalue weighted by molar-refractivity contribution is -0.130. The van der Waals surface area contributed by atoms with Gasteiger partial charge in [0.1, 0.15) is 5.69 Å². The molecule has 0 unspecified atom stereocenters. The number of hydrogen-bond acceptors (Lipinski definition) is 3. The Hall–Kier alpha value is -3.13. The normalized spacial score (nSPS) is 13.8. The second-order valence-electron chi connectivity index (χ2n) is 5.85. The average molecular weight is 333 g/mol. The van der Waals surface area contributed by atoms with Gasteiger partial charge in [-0.3, -0.25) is 9.59 Å². The zero-order valence-corrected chi connectivity index (χ0v) is 14.1. The Bertz CT molecular complexity index is 812. The molecule has 1 aliphatic heterocycles. The van der Waals surface area contributed by atoms with Crippen molar-refractivity contribution in [1.82, 2.24) is 14.8 Å². The van der Waals surface area contributed by atoms with Crippen LogP contribution in [0.15, 0.2) is 48.7 Å². The first-order valence-corrected chi connectivity index (χ1v) is 8.21. The maximum atomic E-state index is 12.5. The fourth-order valence-electron chi connectivity index (χ4n) is 2.66. The summed E-state index contributed by atoms with van der Waals surface area (Å²) in [4.78, 5) is 31.6. The molecule has 1 aromatic carbocycles. The minimum absolute atomic E-state index is 0.0510. The van der Waals surface area contributed by atoms with Gasteiger partial charge in [-0.25, -0.2) is 4.98 Å². The summed E-state index contributed by atoms with van der Waals surface area (Å²) >= 11 is 0. The van der Waals surface area contributed by atoms with Crippen LogP contribution in [-0.2, 0) is 4.79 Å². The van der Waals surface area contributed by atoms with Crippen LogP contribution >= 0.6 is 0 Å². The summed E-state index contributed by atoms with van der Waals surface area (Å²) in [6.07, 6.45) is 1.56. The Morgan fingerprint density at radius 3 is 2.20 bits per heavy atom. The highest BCUT2D eigenvalue weighted by atomic mass is 16.2. The Morgan fingerprint density at radius 2 is 1.60 bits per heavy atom. The maximum absolute atomic E-state index is 12.5. The van der Waals surface area contributed by atoms with Gasteiger partial charge in [0, 0.05) is 44.9 Å². The third kappa shape index (κ3) is 4.24. The van der Waals surface area contributed by atoms with Crippen LogP contribution in [-0.4, -0.2) is 52.8 Å². The molecule has 1 saturated heterocycles. The van der Waals surface area contributed by atoms with Crippen molar-refractivity contribution in [2.24, 2.45) is 0 Å². The van der Waals surface area contributed by atoms with Gasteiger partial charge >= 0.3 is 0 Å². The van der Waals surface area contributed by atoms with Gasteiger partial charge in [0.05, 0.1) is 5.56 Å². The maximum Gasteiger partial charge on any atom is 0.255 e. The van der Waals surface area contributed by atoms with Crippen LogP contribution in [0.2, 0.25) is 0 Å². The Balaban J connectivity index is 1.64. The number of rotatable bonds is 1. The van der Waals surface area contributed by atoms with Crippen molar-refractivity contribution < 1.29 is 9.59 Å². The van der Waals surface area contributed by atoms with Gasteiger partial charge < -0.3 is 9.80 Å². The van der Waals surface area contributed by atoms with E-state index >= 15 is 0 Å². The first-order chi connectivity index (χ1) is 12.1. The molecule has 1 fully saturated rings. The van der Waals surface area contributed by atoms with E-state index in [0.717, 1.165) is 5.56 Å². The molecule has 3 rings (SSSR count). The minimum Gasteiger partial charge on any atom is -0.339 e. The molecule has 0 aliphatic carbocycles. The number of amides is 2. The Morgan fingerprint density at radius 1 is 0.920 bits per heavy atom. The smallest absolute Gasteiger partial charge is 0.255 e. The summed E-state index contributed by atoms with van der Waals surface area (Å²) in [7, 11) is 0. The number of aromatic nitrogens is 1. The number of piperazine rings is 1. The van der Waals surface area contributed by atoms with Gasteiger partial charge in [0.15, 0.2) is 0 Å². The molecule has 0 atom stereocenters. The molecule has 1 aliphatic rings. The van der Waals surface area contributed by atoms with Gasteiger partial charge in [0.2, 0.25) is 5.91 Å². The summed E-state index contributed by atoms with van der Waals surface area (Å²) < 4.78 is 0. The lowest BCUT2D eigenvalue weighted by atomic mass is 10.2. The van der Waals surface area contributed by atoms with Crippen LogP contribution in [0, 0.1) is 11.8 Å². The van der Waals surface area contributed by atoms with Crippen LogP contribution < -0.4 is 0 Å². The predicted molar refractivity (Wildman–Crippen MR) is 94.8 cm³/mol. The highest BCUT2D eigenvalue weighted by molar-refractivity contribution is 5.94. The van der Waals surface area contributed by atoms with Gasteiger partial charge in [0.25, 0.3) is 5.91 Å². The molecule has 0 saturated carbocycles. The molecule has 5 nitrogen and oxygen atoms in total. The second-order valence-corrected chi connectivity index (χ2v) is 5.85. The van der Waals surface area contributed by atoms with Crippen molar-refractivity contribution >= 4 is 11.8 Å². The van der Waals surface area contributed by atoms with Gasteiger partial charge in [-0.05, 0) is 30.2 Å². The number of pyridine rings is 1. The first kappa shape index (κ1) is 16.7. The van der Waals surface area contributed by atoms with E-state index in [1.165, 1.54) is 0 Å². The zero-order chi connectivity index (χ0) is 17.6. The van der Waals surface area contributed by atoms with E-state index in [1.54, 1.807) is 35.1 Å². The monoisotopic (exact) mass is 333 g/mol. The summed E-state index contributed by atoms with van der Waals surface area (Å²) in [6.45, 7) is 3.81. The van der Waals surface area contributed by atoms with E-state index in [1.807, 2.05) is 30.3 Å². The summed E-state index contributed by atoms with van der Waals surface area (Å²) in [5, 5.41) is 0. The highest BCUT2D eigenvalue weighted by Gasteiger charge is 2.23. The van der Waals surface area contributed by atoms with Crippen LogP contribution in [0.25, 0.3) is 0 Å². The topological polar surface area (TPSA) is 53.5 Å². The molecule has 5 heteroatoms. The molecule has 0 spiro atoms. The number of carbonyl (C=O) groups is 2.